The van der Waals surface area contributed by atoms with Gasteiger partial charge in [0.15, 0.2) is 5.82 Å². The number of pyridine rings is 1. The van der Waals surface area contributed by atoms with E-state index in [-0.39, 0.29) is 6.04 Å². The van der Waals surface area contributed by atoms with E-state index in [1.807, 2.05) is 6.07 Å². The predicted octanol–water partition coefficient (Wildman–Crippen LogP) is 3.19. The molecule has 1 aromatic heterocycles. The molecule has 0 unspecified atom stereocenters. The Morgan fingerprint density at radius 1 is 1.21 bits per heavy atom. The highest BCUT2D eigenvalue weighted by molar-refractivity contribution is 5.43. The normalized spacial score (nSPS) is 24.4. The topological polar surface area (TPSA) is 37.6 Å². The maximum Gasteiger partial charge on any atom is 0.179 e. The van der Waals surface area contributed by atoms with Gasteiger partial charge >= 0.3 is 0 Å². The van der Waals surface area contributed by atoms with Gasteiger partial charge < -0.3 is 0 Å². The summed E-state index contributed by atoms with van der Waals surface area (Å²) in [6.07, 6.45) is 8.48. The number of rotatable bonds is 1. The zero-order valence-corrected chi connectivity index (χ0v) is 7.80. The minimum absolute atomic E-state index is 0.244. The van der Waals surface area contributed by atoms with Crippen LogP contribution in [0.25, 0.3) is 0 Å². The molecular weight excluding hydrogens is 174 g/mol. The van der Waals surface area contributed by atoms with Crippen LogP contribution in [-0.4, -0.2) is 4.98 Å². The summed E-state index contributed by atoms with van der Waals surface area (Å²) >= 11 is 0. The average molecular weight is 185 g/mol. The summed E-state index contributed by atoms with van der Waals surface area (Å²) in [5, 5.41) is 8.42. The van der Waals surface area contributed by atoms with Crippen LogP contribution >= 0.6 is 0 Å². The molecule has 3 heteroatoms. The fourth-order valence-electron chi connectivity index (χ4n) is 2.15. The Morgan fingerprint density at radius 2 is 2.07 bits per heavy atom. The number of allylic oxidation sites excluding steroid dienone is 2. The molecule has 2 aliphatic rings. The third-order valence-corrected chi connectivity index (χ3v) is 2.90. The molecular formula is C11H11N3. The second kappa shape index (κ2) is 3.01. The maximum atomic E-state index is 4.31. The molecule has 70 valence electrons. The zero-order chi connectivity index (χ0) is 9.38. The van der Waals surface area contributed by atoms with Gasteiger partial charge in [-0.1, -0.05) is 18.2 Å². The molecule has 1 atom stereocenters. The Hall–Kier alpha value is -1.51. The fourth-order valence-corrected chi connectivity index (χ4v) is 2.15. The second-order valence-corrected chi connectivity index (χ2v) is 3.78. The number of hydrogen-bond acceptors (Lipinski definition) is 3. The van der Waals surface area contributed by atoms with E-state index in [9.17, 15) is 0 Å². The number of fused-ring (bicyclic) bond motifs is 1. The Balaban J connectivity index is 1.94. The highest BCUT2D eigenvalue weighted by Gasteiger charge is 2.29. The van der Waals surface area contributed by atoms with Crippen molar-refractivity contribution < 1.29 is 0 Å². The summed E-state index contributed by atoms with van der Waals surface area (Å²) in [6.45, 7) is 0. The van der Waals surface area contributed by atoms with Gasteiger partial charge in [-0.05, 0) is 24.8 Å². The van der Waals surface area contributed by atoms with E-state index < -0.39 is 0 Å². The minimum Gasteiger partial charge on any atom is -0.235 e. The summed E-state index contributed by atoms with van der Waals surface area (Å²) in [5.74, 6) is 1.41. The van der Waals surface area contributed by atoms with E-state index in [1.165, 1.54) is 5.56 Å². The van der Waals surface area contributed by atoms with Gasteiger partial charge in [-0.25, -0.2) is 4.98 Å². The largest absolute Gasteiger partial charge is 0.235 e. The molecule has 14 heavy (non-hydrogen) atoms. The maximum absolute atomic E-state index is 4.31. The van der Waals surface area contributed by atoms with Gasteiger partial charge in [-0.15, -0.1) is 5.11 Å². The molecule has 3 rings (SSSR count). The van der Waals surface area contributed by atoms with Crippen LogP contribution < -0.4 is 0 Å². The molecule has 0 radical (unpaired) electrons. The van der Waals surface area contributed by atoms with Crippen LogP contribution in [0.1, 0.15) is 24.4 Å². The molecule has 1 aliphatic carbocycles. The van der Waals surface area contributed by atoms with Crippen molar-refractivity contribution in [2.75, 3.05) is 0 Å². The zero-order valence-electron chi connectivity index (χ0n) is 7.80. The lowest BCUT2D eigenvalue weighted by molar-refractivity contribution is 0.461. The Morgan fingerprint density at radius 3 is 2.93 bits per heavy atom. The first-order valence-electron chi connectivity index (χ1n) is 4.96. The van der Waals surface area contributed by atoms with Crippen LogP contribution in [0.4, 0.5) is 5.82 Å². The lowest BCUT2D eigenvalue weighted by atomic mass is 9.93. The molecule has 3 nitrogen and oxygen atoms in total. The fraction of sp³-hybridized carbons (Fsp3) is 0.364. The molecule has 0 amide bonds. The van der Waals surface area contributed by atoms with Crippen molar-refractivity contribution in [3.8, 4) is 0 Å². The van der Waals surface area contributed by atoms with Crippen molar-refractivity contribution in [1.29, 1.82) is 0 Å². The SMILES string of the molecule is C1=CCC([C@@H]2N=Nc3ncccc32)C1. The Labute approximate surface area is 82.6 Å². The molecule has 0 spiro atoms. The Kier molecular flexibility index (Phi) is 1.69. The Bertz CT molecular complexity index is 401. The molecule has 0 bridgehead atoms. The molecule has 1 aromatic rings. The van der Waals surface area contributed by atoms with Crippen molar-refractivity contribution in [1.82, 2.24) is 4.98 Å². The van der Waals surface area contributed by atoms with E-state index in [0.29, 0.717) is 5.92 Å². The second-order valence-electron chi connectivity index (χ2n) is 3.78. The smallest absolute Gasteiger partial charge is 0.179 e. The first-order valence-corrected chi connectivity index (χ1v) is 4.96. The van der Waals surface area contributed by atoms with Crippen molar-refractivity contribution >= 4 is 5.82 Å². The number of hydrogen-bond donors (Lipinski definition) is 0. The van der Waals surface area contributed by atoms with Gasteiger partial charge in [0, 0.05) is 11.8 Å². The van der Waals surface area contributed by atoms with Crippen LogP contribution in [0.2, 0.25) is 0 Å². The minimum atomic E-state index is 0.244. The monoisotopic (exact) mass is 185 g/mol. The van der Waals surface area contributed by atoms with E-state index >= 15 is 0 Å². The molecule has 2 heterocycles. The third kappa shape index (κ3) is 1.09. The lowest BCUT2D eigenvalue weighted by Crippen LogP contribution is -2.05. The van der Waals surface area contributed by atoms with Gasteiger partial charge in [0.1, 0.15) is 6.04 Å². The molecule has 0 fully saturated rings. The van der Waals surface area contributed by atoms with Crippen LogP contribution in [0.5, 0.6) is 0 Å². The highest BCUT2D eigenvalue weighted by atomic mass is 15.2. The molecule has 0 saturated heterocycles. The summed E-state index contributed by atoms with van der Waals surface area (Å²) in [5.41, 5.74) is 1.20. The van der Waals surface area contributed by atoms with Gasteiger partial charge in [-0.3, -0.25) is 0 Å². The summed E-state index contributed by atoms with van der Waals surface area (Å²) in [7, 11) is 0. The highest BCUT2D eigenvalue weighted by Crippen LogP contribution is 2.42. The molecule has 1 aliphatic heterocycles. The van der Waals surface area contributed by atoms with Crippen molar-refractivity contribution in [3.05, 3.63) is 36.0 Å². The first kappa shape index (κ1) is 7.85. The van der Waals surface area contributed by atoms with Crippen molar-refractivity contribution in [2.24, 2.45) is 16.1 Å². The standard InChI is InChI=1S/C11H11N3/c1-2-5-8(4-1)10-9-6-3-7-12-11(9)14-13-10/h1-3,6-8,10H,4-5H2/t10-/m0/s1. The van der Waals surface area contributed by atoms with E-state index in [2.05, 4.69) is 33.4 Å². The lowest BCUT2D eigenvalue weighted by Gasteiger charge is -2.14. The summed E-state index contributed by atoms with van der Waals surface area (Å²) < 4.78 is 0. The quantitative estimate of drug-likeness (QED) is 0.619. The van der Waals surface area contributed by atoms with E-state index in [4.69, 9.17) is 0 Å². The van der Waals surface area contributed by atoms with E-state index in [0.717, 1.165) is 18.7 Å². The molecule has 0 N–H and O–H groups in total. The van der Waals surface area contributed by atoms with Crippen molar-refractivity contribution in [2.45, 2.75) is 18.9 Å². The predicted molar refractivity (Wildman–Crippen MR) is 53.4 cm³/mol. The molecule has 0 saturated carbocycles. The van der Waals surface area contributed by atoms with Gasteiger partial charge in [0.05, 0.1) is 0 Å². The van der Waals surface area contributed by atoms with Crippen LogP contribution in [0.15, 0.2) is 40.7 Å². The number of nitrogens with zero attached hydrogens (tertiary/aromatic N) is 3. The number of azo groups is 1. The summed E-state index contributed by atoms with van der Waals surface area (Å²) in [4.78, 5) is 4.20. The van der Waals surface area contributed by atoms with Gasteiger partial charge in [0.25, 0.3) is 0 Å². The van der Waals surface area contributed by atoms with Crippen LogP contribution in [0.3, 0.4) is 0 Å². The first-order chi connectivity index (χ1) is 6.95. The van der Waals surface area contributed by atoms with Crippen LogP contribution in [0, 0.1) is 5.92 Å². The third-order valence-electron chi connectivity index (χ3n) is 2.90. The summed E-state index contributed by atoms with van der Waals surface area (Å²) in [6, 6.07) is 4.30. The average Bonchev–Trinajstić information content (AvgIpc) is 2.85. The van der Waals surface area contributed by atoms with Gasteiger partial charge in [0.2, 0.25) is 0 Å². The van der Waals surface area contributed by atoms with Crippen LogP contribution in [-0.2, 0) is 0 Å². The van der Waals surface area contributed by atoms with Gasteiger partial charge in [-0.2, -0.15) is 5.11 Å². The van der Waals surface area contributed by atoms with Crippen molar-refractivity contribution in [3.63, 3.8) is 0 Å². The number of aromatic nitrogens is 1. The molecule has 0 aromatic carbocycles. The van der Waals surface area contributed by atoms with E-state index in [1.54, 1.807) is 6.20 Å².